The molecule has 0 N–H and O–H groups in total. The van der Waals surface area contributed by atoms with Gasteiger partial charge in [-0.25, -0.2) is 8.42 Å². The summed E-state index contributed by atoms with van der Waals surface area (Å²) in [7, 11) is -2.55. The van der Waals surface area contributed by atoms with Gasteiger partial charge in [0.05, 0.1) is 11.5 Å². The molecule has 1 rings (SSSR count). The Morgan fingerprint density at radius 3 is 1.62 bits per heavy atom. The molecule has 0 aromatic carbocycles. The summed E-state index contributed by atoms with van der Waals surface area (Å²) in [4.78, 5) is 0. The molecule has 0 amide bonds. The van der Waals surface area contributed by atoms with Crippen LogP contribution in [0.25, 0.3) is 0 Å². The zero-order valence-electron chi connectivity index (χ0n) is 6.05. The van der Waals surface area contributed by atoms with Crippen molar-refractivity contribution in [3.05, 3.63) is 0 Å². The van der Waals surface area contributed by atoms with Crippen LogP contribution in [0.15, 0.2) is 0 Å². The number of rotatable bonds is 0. The standard InChI is InChI=1S/C4H8O2S.Na.H/c5-7(6)3-1-2-4-7;;/h1-4H2;;/q;+1;-1. The number of sulfone groups is 1. The first-order valence-corrected chi connectivity index (χ1v) is 4.23. The van der Waals surface area contributed by atoms with Gasteiger partial charge in [-0.15, -0.1) is 0 Å². The first-order chi connectivity index (χ1) is 3.21. The van der Waals surface area contributed by atoms with Crippen LogP contribution in [0, 0.1) is 0 Å². The number of hydrogen-bond acceptors (Lipinski definition) is 2. The maximum atomic E-state index is 10.4. The molecule has 1 aliphatic rings. The van der Waals surface area contributed by atoms with E-state index in [-0.39, 0.29) is 31.0 Å². The Morgan fingerprint density at radius 2 is 1.50 bits per heavy atom. The molecule has 1 saturated heterocycles. The fourth-order valence-corrected chi connectivity index (χ4v) is 2.24. The van der Waals surface area contributed by atoms with E-state index in [9.17, 15) is 8.42 Å². The second-order valence-electron chi connectivity index (χ2n) is 1.86. The predicted octanol–water partition coefficient (Wildman–Crippen LogP) is -2.69. The van der Waals surface area contributed by atoms with Crippen LogP contribution in [0.2, 0.25) is 0 Å². The van der Waals surface area contributed by atoms with E-state index < -0.39 is 9.84 Å². The van der Waals surface area contributed by atoms with Gasteiger partial charge in [0.1, 0.15) is 9.84 Å². The third kappa shape index (κ3) is 2.49. The Labute approximate surface area is 73.4 Å². The van der Waals surface area contributed by atoms with E-state index in [0.29, 0.717) is 11.5 Å². The molecule has 0 spiro atoms. The van der Waals surface area contributed by atoms with Gasteiger partial charge in [-0.05, 0) is 12.8 Å². The van der Waals surface area contributed by atoms with E-state index in [4.69, 9.17) is 0 Å². The molecule has 4 heteroatoms. The van der Waals surface area contributed by atoms with Crippen LogP contribution in [-0.4, -0.2) is 19.9 Å². The minimum absolute atomic E-state index is 0. The minimum Gasteiger partial charge on any atom is -1.00 e. The molecule has 0 bridgehead atoms. The van der Waals surface area contributed by atoms with Gasteiger partial charge >= 0.3 is 29.6 Å². The molecule has 0 radical (unpaired) electrons. The molecule has 1 fully saturated rings. The molecule has 0 aromatic heterocycles. The van der Waals surface area contributed by atoms with Crippen molar-refractivity contribution >= 4 is 9.84 Å². The Bertz CT molecular complexity index is 142. The molecular formula is C4H9NaO2S. The van der Waals surface area contributed by atoms with Crippen molar-refractivity contribution in [2.45, 2.75) is 12.8 Å². The molecule has 0 aromatic rings. The topological polar surface area (TPSA) is 34.1 Å². The summed E-state index contributed by atoms with van der Waals surface area (Å²) in [5, 5.41) is 0. The van der Waals surface area contributed by atoms with Crippen molar-refractivity contribution in [3.8, 4) is 0 Å². The van der Waals surface area contributed by atoms with Crippen LogP contribution in [0.1, 0.15) is 14.3 Å². The SMILES string of the molecule is O=S1(=O)CCCC1.[H-].[Na+]. The third-order valence-electron chi connectivity index (χ3n) is 1.16. The van der Waals surface area contributed by atoms with E-state index in [1.165, 1.54) is 0 Å². The molecule has 44 valence electrons. The normalized spacial score (nSPS) is 24.5. The second-order valence-corrected chi connectivity index (χ2v) is 4.16. The number of hydrogen-bond donors (Lipinski definition) is 0. The first kappa shape index (κ1) is 8.95. The van der Waals surface area contributed by atoms with Gasteiger partial charge in [0, 0.05) is 0 Å². The largest absolute Gasteiger partial charge is 1.00 e. The average Bonchev–Trinajstić information content (AvgIpc) is 1.84. The maximum Gasteiger partial charge on any atom is 1.00 e. The van der Waals surface area contributed by atoms with E-state index in [1.54, 1.807) is 0 Å². The molecule has 8 heavy (non-hydrogen) atoms. The fraction of sp³-hybridized carbons (Fsp3) is 1.00. The van der Waals surface area contributed by atoms with Crippen molar-refractivity contribution < 1.29 is 39.4 Å². The van der Waals surface area contributed by atoms with Crippen LogP contribution < -0.4 is 29.6 Å². The van der Waals surface area contributed by atoms with Gasteiger partial charge in [-0.3, -0.25) is 0 Å². The fourth-order valence-electron chi connectivity index (χ4n) is 0.746. The summed E-state index contributed by atoms with van der Waals surface area (Å²) in [5.74, 6) is 0.847. The molecule has 0 unspecified atom stereocenters. The van der Waals surface area contributed by atoms with Crippen LogP contribution in [-0.2, 0) is 9.84 Å². The quantitative estimate of drug-likeness (QED) is 0.347. The summed E-state index contributed by atoms with van der Waals surface area (Å²) < 4.78 is 20.9. The second kappa shape index (κ2) is 3.20. The first-order valence-electron chi connectivity index (χ1n) is 2.41. The smallest absolute Gasteiger partial charge is 1.00 e. The van der Waals surface area contributed by atoms with Crippen molar-refractivity contribution in [1.29, 1.82) is 0 Å². The van der Waals surface area contributed by atoms with Crippen molar-refractivity contribution in [3.63, 3.8) is 0 Å². The van der Waals surface area contributed by atoms with Crippen molar-refractivity contribution in [2.24, 2.45) is 0 Å². The van der Waals surface area contributed by atoms with Gasteiger partial charge in [-0.2, -0.15) is 0 Å². The predicted molar refractivity (Wildman–Crippen MR) is 29.0 cm³/mol. The molecule has 0 aliphatic carbocycles. The van der Waals surface area contributed by atoms with E-state index >= 15 is 0 Å². The Balaban J connectivity index is 0. The van der Waals surface area contributed by atoms with Crippen molar-refractivity contribution in [1.82, 2.24) is 0 Å². The van der Waals surface area contributed by atoms with Crippen molar-refractivity contribution in [2.75, 3.05) is 11.5 Å². The average molecular weight is 144 g/mol. The zero-order valence-corrected chi connectivity index (χ0v) is 7.87. The van der Waals surface area contributed by atoms with Gasteiger partial charge in [0.2, 0.25) is 0 Å². The monoisotopic (exact) mass is 144 g/mol. The molecule has 0 atom stereocenters. The molecule has 2 nitrogen and oxygen atoms in total. The van der Waals surface area contributed by atoms with Crippen LogP contribution in [0.4, 0.5) is 0 Å². The Hall–Kier alpha value is 0.950. The van der Waals surface area contributed by atoms with Crippen LogP contribution >= 0.6 is 0 Å². The summed E-state index contributed by atoms with van der Waals surface area (Å²) in [5.41, 5.74) is 0. The van der Waals surface area contributed by atoms with Crippen LogP contribution in [0.5, 0.6) is 0 Å². The summed E-state index contributed by atoms with van der Waals surface area (Å²) in [6.07, 6.45) is 1.75. The molecular weight excluding hydrogens is 135 g/mol. The zero-order chi connectivity index (χ0) is 5.33. The Morgan fingerprint density at radius 1 is 1.12 bits per heavy atom. The van der Waals surface area contributed by atoms with Gasteiger partial charge < -0.3 is 1.43 Å². The third-order valence-corrected chi connectivity index (χ3v) is 2.98. The summed E-state index contributed by atoms with van der Waals surface area (Å²) in [6, 6.07) is 0. The van der Waals surface area contributed by atoms with E-state index in [1.807, 2.05) is 0 Å². The molecule has 1 aliphatic heterocycles. The van der Waals surface area contributed by atoms with E-state index in [2.05, 4.69) is 0 Å². The maximum absolute atomic E-state index is 10.4. The van der Waals surface area contributed by atoms with Gasteiger partial charge in [0.25, 0.3) is 0 Å². The minimum atomic E-state index is -2.55. The summed E-state index contributed by atoms with van der Waals surface area (Å²) >= 11 is 0. The Kier molecular flexibility index (Phi) is 3.58. The van der Waals surface area contributed by atoms with Gasteiger partial charge in [-0.1, -0.05) is 0 Å². The van der Waals surface area contributed by atoms with E-state index in [0.717, 1.165) is 12.8 Å². The molecule has 0 saturated carbocycles. The summed E-state index contributed by atoms with van der Waals surface area (Å²) in [6.45, 7) is 0. The van der Waals surface area contributed by atoms with Crippen LogP contribution in [0.3, 0.4) is 0 Å². The van der Waals surface area contributed by atoms with Gasteiger partial charge in [0.15, 0.2) is 0 Å². The molecule has 1 heterocycles.